The molecule has 0 spiro atoms. The second kappa shape index (κ2) is 7.57. The summed E-state index contributed by atoms with van der Waals surface area (Å²) < 4.78 is 13.1. The number of nitrogens with zero attached hydrogens (tertiary/aromatic N) is 2. The Morgan fingerprint density at radius 2 is 2.00 bits per heavy atom. The zero-order valence-corrected chi connectivity index (χ0v) is 14.2. The molecule has 1 fully saturated rings. The second-order valence-corrected chi connectivity index (χ2v) is 6.82. The Balaban J connectivity index is 1.82. The lowest BCUT2D eigenvalue weighted by molar-refractivity contribution is -0.118. The van der Waals surface area contributed by atoms with E-state index in [9.17, 15) is 14.3 Å². The molecule has 0 bridgehead atoms. The van der Waals surface area contributed by atoms with Crippen molar-refractivity contribution < 1.29 is 14.3 Å². The molecule has 128 valence electrons. The van der Waals surface area contributed by atoms with Crippen molar-refractivity contribution in [3.05, 3.63) is 29.0 Å². The number of halogens is 2. The molecule has 1 heterocycles. The largest absolute Gasteiger partial charge is 0.394 e. The highest BCUT2D eigenvalue weighted by atomic mass is 35.5. The maximum atomic E-state index is 13.1. The molecular weight excluding hydrogens is 321 g/mol. The zero-order chi connectivity index (χ0) is 17.0. The van der Waals surface area contributed by atoms with E-state index < -0.39 is 5.82 Å². The van der Waals surface area contributed by atoms with Crippen LogP contribution in [0.5, 0.6) is 0 Å². The van der Waals surface area contributed by atoms with E-state index in [4.69, 9.17) is 11.6 Å². The van der Waals surface area contributed by atoms with Gasteiger partial charge in [-0.15, -0.1) is 0 Å². The molecule has 1 aliphatic heterocycles. The van der Waals surface area contributed by atoms with E-state index in [2.05, 4.69) is 15.1 Å². The first kappa shape index (κ1) is 18.1. The van der Waals surface area contributed by atoms with Crippen LogP contribution in [0.25, 0.3) is 0 Å². The molecule has 5 nitrogen and oxygen atoms in total. The van der Waals surface area contributed by atoms with Gasteiger partial charge in [0.2, 0.25) is 5.91 Å². The van der Waals surface area contributed by atoms with E-state index in [0.717, 1.165) is 26.2 Å². The van der Waals surface area contributed by atoms with Crippen LogP contribution in [0.2, 0.25) is 5.02 Å². The molecule has 1 aromatic rings. The van der Waals surface area contributed by atoms with Gasteiger partial charge in [0, 0.05) is 37.4 Å². The molecule has 23 heavy (non-hydrogen) atoms. The van der Waals surface area contributed by atoms with Crippen LogP contribution in [0.15, 0.2) is 18.2 Å². The maximum absolute atomic E-state index is 13.1. The quantitative estimate of drug-likeness (QED) is 0.856. The topological polar surface area (TPSA) is 55.8 Å². The summed E-state index contributed by atoms with van der Waals surface area (Å²) in [5, 5.41) is 12.1. The summed E-state index contributed by atoms with van der Waals surface area (Å²) in [6, 6.07) is 4.12. The number of piperazine rings is 1. The molecule has 2 N–H and O–H groups in total. The third kappa shape index (κ3) is 4.88. The minimum absolute atomic E-state index is 0.0114. The van der Waals surface area contributed by atoms with Gasteiger partial charge in [-0.2, -0.15) is 0 Å². The molecule has 0 aromatic heterocycles. The number of benzene rings is 1. The van der Waals surface area contributed by atoms with Crippen molar-refractivity contribution in [2.24, 2.45) is 0 Å². The van der Waals surface area contributed by atoms with Gasteiger partial charge in [-0.3, -0.25) is 14.6 Å². The number of aliphatic hydroxyl groups is 1. The van der Waals surface area contributed by atoms with Crippen LogP contribution in [0, 0.1) is 5.82 Å². The lowest BCUT2D eigenvalue weighted by Crippen LogP contribution is -2.56. The van der Waals surface area contributed by atoms with Crippen LogP contribution in [-0.4, -0.2) is 65.7 Å². The Labute approximate surface area is 141 Å². The standard InChI is InChI=1S/C16H23ClFN3O2/c1-16(2,11-22)21-7-5-20(6-8-21)10-15(23)19-12-3-4-14(18)13(17)9-12/h3-4,9,22H,5-8,10-11H2,1-2H3,(H,19,23). The molecule has 1 aromatic carbocycles. The SMILES string of the molecule is CC(C)(CO)N1CCN(CC(=O)Nc2ccc(F)c(Cl)c2)CC1. The first-order valence-corrected chi connectivity index (χ1v) is 8.03. The smallest absolute Gasteiger partial charge is 0.238 e. The number of carbonyl (C=O) groups is 1. The van der Waals surface area contributed by atoms with Crippen molar-refractivity contribution in [3.8, 4) is 0 Å². The van der Waals surface area contributed by atoms with Crippen LogP contribution < -0.4 is 5.32 Å². The Kier molecular flexibility index (Phi) is 5.97. The predicted molar refractivity (Wildman–Crippen MR) is 89.2 cm³/mol. The number of nitrogens with one attached hydrogen (secondary N) is 1. The van der Waals surface area contributed by atoms with Gasteiger partial charge in [-0.05, 0) is 32.0 Å². The van der Waals surface area contributed by atoms with Crippen molar-refractivity contribution >= 4 is 23.2 Å². The van der Waals surface area contributed by atoms with E-state index >= 15 is 0 Å². The highest BCUT2D eigenvalue weighted by Gasteiger charge is 2.29. The number of hydrogen-bond donors (Lipinski definition) is 2. The van der Waals surface area contributed by atoms with Gasteiger partial charge in [0.1, 0.15) is 5.82 Å². The van der Waals surface area contributed by atoms with E-state index in [-0.39, 0.29) is 29.6 Å². The fourth-order valence-corrected chi connectivity index (χ4v) is 2.77. The number of rotatable bonds is 5. The van der Waals surface area contributed by atoms with Crippen molar-refractivity contribution in [2.45, 2.75) is 19.4 Å². The van der Waals surface area contributed by atoms with Gasteiger partial charge in [0.15, 0.2) is 0 Å². The summed E-state index contributed by atoms with van der Waals surface area (Å²) in [7, 11) is 0. The van der Waals surface area contributed by atoms with Gasteiger partial charge < -0.3 is 10.4 Å². The monoisotopic (exact) mass is 343 g/mol. The Morgan fingerprint density at radius 3 is 2.57 bits per heavy atom. The van der Waals surface area contributed by atoms with Gasteiger partial charge in [-0.1, -0.05) is 11.6 Å². The van der Waals surface area contributed by atoms with E-state index in [1.807, 2.05) is 13.8 Å². The Morgan fingerprint density at radius 1 is 1.35 bits per heavy atom. The number of carbonyl (C=O) groups excluding carboxylic acids is 1. The summed E-state index contributed by atoms with van der Waals surface area (Å²) in [6.45, 7) is 7.55. The van der Waals surface area contributed by atoms with E-state index in [0.29, 0.717) is 5.69 Å². The summed E-state index contributed by atoms with van der Waals surface area (Å²) in [5.74, 6) is -0.658. The van der Waals surface area contributed by atoms with Crippen LogP contribution in [0.4, 0.5) is 10.1 Å². The van der Waals surface area contributed by atoms with Crippen molar-refractivity contribution in [1.29, 1.82) is 0 Å². The van der Waals surface area contributed by atoms with Gasteiger partial charge in [0.05, 0.1) is 18.2 Å². The minimum Gasteiger partial charge on any atom is -0.394 e. The maximum Gasteiger partial charge on any atom is 0.238 e. The average molecular weight is 344 g/mol. The molecule has 0 saturated carbocycles. The number of anilines is 1. The fourth-order valence-electron chi connectivity index (χ4n) is 2.59. The third-order valence-electron chi connectivity index (χ3n) is 4.19. The summed E-state index contributed by atoms with van der Waals surface area (Å²) in [4.78, 5) is 16.4. The molecule has 7 heteroatoms. The molecule has 0 aliphatic carbocycles. The number of amides is 1. The molecule has 0 atom stereocenters. The van der Waals surface area contributed by atoms with Crippen LogP contribution >= 0.6 is 11.6 Å². The van der Waals surface area contributed by atoms with Gasteiger partial charge in [0.25, 0.3) is 0 Å². The normalized spacial score (nSPS) is 17.3. The first-order chi connectivity index (χ1) is 10.8. The Hall–Kier alpha value is -1.21. The number of aliphatic hydroxyl groups excluding tert-OH is 1. The molecule has 1 amide bonds. The van der Waals surface area contributed by atoms with Crippen LogP contribution in [0.1, 0.15) is 13.8 Å². The number of hydrogen-bond acceptors (Lipinski definition) is 4. The van der Waals surface area contributed by atoms with Crippen molar-refractivity contribution in [3.63, 3.8) is 0 Å². The molecule has 2 rings (SSSR count). The van der Waals surface area contributed by atoms with Crippen molar-refractivity contribution in [1.82, 2.24) is 9.80 Å². The van der Waals surface area contributed by atoms with Crippen LogP contribution in [-0.2, 0) is 4.79 Å². The van der Waals surface area contributed by atoms with Gasteiger partial charge >= 0.3 is 0 Å². The first-order valence-electron chi connectivity index (χ1n) is 7.65. The average Bonchev–Trinajstić information content (AvgIpc) is 2.51. The predicted octanol–water partition coefficient (Wildman–Crippen LogP) is 1.81. The highest BCUT2D eigenvalue weighted by Crippen LogP contribution is 2.19. The fraction of sp³-hybridized carbons (Fsp3) is 0.562. The summed E-state index contributed by atoms with van der Waals surface area (Å²) in [6.07, 6.45) is 0. The summed E-state index contributed by atoms with van der Waals surface area (Å²) in [5.41, 5.74) is 0.251. The highest BCUT2D eigenvalue weighted by molar-refractivity contribution is 6.31. The third-order valence-corrected chi connectivity index (χ3v) is 4.48. The second-order valence-electron chi connectivity index (χ2n) is 6.41. The zero-order valence-electron chi connectivity index (χ0n) is 13.5. The van der Waals surface area contributed by atoms with E-state index in [1.165, 1.54) is 18.2 Å². The molecule has 1 saturated heterocycles. The van der Waals surface area contributed by atoms with Crippen molar-refractivity contribution in [2.75, 3.05) is 44.6 Å². The Bertz CT molecular complexity index is 560. The van der Waals surface area contributed by atoms with Crippen LogP contribution in [0.3, 0.4) is 0 Å². The molecule has 0 radical (unpaired) electrons. The molecule has 0 unspecified atom stereocenters. The lowest BCUT2D eigenvalue weighted by atomic mass is 10.0. The molecule has 1 aliphatic rings. The van der Waals surface area contributed by atoms with Gasteiger partial charge in [-0.25, -0.2) is 4.39 Å². The lowest BCUT2D eigenvalue weighted by Gasteiger charge is -2.43. The minimum atomic E-state index is -0.507. The van der Waals surface area contributed by atoms with E-state index in [1.54, 1.807) is 0 Å². The molecular formula is C16H23ClFN3O2. The summed E-state index contributed by atoms with van der Waals surface area (Å²) >= 11 is 5.70.